The minimum Gasteiger partial charge on any atom is -0.324 e. The fraction of sp³-hybridized carbons (Fsp3) is 0.263. The molecule has 0 aliphatic heterocycles. The highest BCUT2D eigenvalue weighted by Crippen LogP contribution is 2.30. The van der Waals surface area contributed by atoms with Crippen molar-refractivity contribution < 1.29 is 14.5 Å². The molecule has 0 radical (unpaired) electrons. The van der Waals surface area contributed by atoms with E-state index in [-0.39, 0.29) is 30.4 Å². The summed E-state index contributed by atoms with van der Waals surface area (Å²) in [6, 6.07) is 9.82. The van der Waals surface area contributed by atoms with Crippen molar-refractivity contribution in [2.24, 2.45) is 0 Å². The first-order chi connectivity index (χ1) is 13.2. The van der Waals surface area contributed by atoms with Gasteiger partial charge in [-0.2, -0.15) is 0 Å². The third-order valence-electron chi connectivity index (χ3n) is 4.15. The van der Waals surface area contributed by atoms with Crippen LogP contribution in [0.5, 0.6) is 0 Å². The molecule has 0 bridgehead atoms. The van der Waals surface area contributed by atoms with Gasteiger partial charge in [-0.25, -0.2) is 0 Å². The Hall–Kier alpha value is -2.97. The smallest absolute Gasteiger partial charge is 0.293 e. The van der Waals surface area contributed by atoms with Gasteiger partial charge in [-0.3, -0.25) is 24.6 Å². The van der Waals surface area contributed by atoms with Crippen molar-refractivity contribution >= 4 is 40.5 Å². The van der Waals surface area contributed by atoms with Crippen LogP contribution in [0.1, 0.15) is 11.1 Å². The van der Waals surface area contributed by atoms with Gasteiger partial charge in [-0.1, -0.05) is 29.8 Å². The average Bonchev–Trinajstić information content (AvgIpc) is 2.60. The van der Waals surface area contributed by atoms with Crippen molar-refractivity contribution in [3.63, 3.8) is 0 Å². The zero-order valence-corrected chi connectivity index (χ0v) is 16.5. The fourth-order valence-corrected chi connectivity index (χ4v) is 2.77. The van der Waals surface area contributed by atoms with Gasteiger partial charge in [0.15, 0.2) is 0 Å². The number of nitrogens with zero attached hydrogens (tertiary/aromatic N) is 2. The second-order valence-corrected chi connectivity index (χ2v) is 6.81. The third-order valence-corrected chi connectivity index (χ3v) is 4.48. The number of hydrogen-bond acceptors (Lipinski definition) is 5. The number of nitro groups is 1. The van der Waals surface area contributed by atoms with Crippen LogP contribution >= 0.6 is 11.6 Å². The molecule has 9 heteroatoms. The second kappa shape index (κ2) is 9.29. The van der Waals surface area contributed by atoms with Crippen molar-refractivity contribution in [3.05, 3.63) is 62.7 Å². The van der Waals surface area contributed by atoms with Crippen LogP contribution < -0.4 is 10.6 Å². The van der Waals surface area contributed by atoms with Crippen molar-refractivity contribution in [2.75, 3.05) is 30.8 Å². The van der Waals surface area contributed by atoms with Crippen LogP contribution in [-0.2, 0) is 9.59 Å². The van der Waals surface area contributed by atoms with Gasteiger partial charge in [-0.05, 0) is 44.2 Å². The molecule has 0 aromatic heterocycles. The van der Waals surface area contributed by atoms with Crippen molar-refractivity contribution in [1.29, 1.82) is 0 Å². The van der Waals surface area contributed by atoms with Gasteiger partial charge in [0.25, 0.3) is 5.69 Å². The van der Waals surface area contributed by atoms with E-state index in [1.165, 1.54) is 11.0 Å². The Bertz CT molecular complexity index is 917. The monoisotopic (exact) mass is 404 g/mol. The summed E-state index contributed by atoms with van der Waals surface area (Å²) in [6.45, 7) is 3.35. The van der Waals surface area contributed by atoms with Gasteiger partial charge in [0.2, 0.25) is 11.8 Å². The van der Waals surface area contributed by atoms with Crippen molar-refractivity contribution in [1.82, 2.24) is 4.90 Å². The lowest BCUT2D eigenvalue weighted by atomic mass is 10.1. The van der Waals surface area contributed by atoms with E-state index in [4.69, 9.17) is 11.6 Å². The Labute approximate surface area is 167 Å². The van der Waals surface area contributed by atoms with Gasteiger partial charge in [0, 0.05) is 6.07 Å². The van der Waals surface area contributed by atoms with Crippen LogP contribution in [0.3, 0.4) is 0 Å². The highest BCUT2D eigenvalue weighted by molar-refractivity contribution is 6.33. The molecule has 2 N–H and O–H groups in total. The molecule has 0 saturated carbocycles. The summed E-state index contributed by atoms with van der Waals surface area (Å²) >= 11 is 6.00. The normalized spacial score (nSPS) is 10.6. The first kappa shape index (κ1) is 21.3. The second-order valence-electron chi connectivity index (χ2n) is 6.41. The lowest BCUT2D eigenvalue weighted by molar-refractivity contribution is -0.384. The summed E-state index contributed by atoms with van der Waals surface area (Å²) in [5.74, 6) is -0.786. The summed E-state index contributed by atoms with van der Waals surface area (Å²) in [5.41, 5.74) is 1.94. The maximum absolute atomic E-state index is 12.3. The molecule has 0 saturated heterocycles. The largest absolute Gasteiger partial charge is 0.324 e. The third kappa shape index (κ3) is 5.51. The molecule has 148 valence electrons. The number of rotatable bonds is 7. The van der Waals surface area contributed by atoms with Crippen LogP contribution in [0.4, 0.5) is 17.1 Å². The van der Waals surface area contributed by atoms with Crippen LogP contribution in [-0.4, -0.2) is 41.8 Å². The summed E-state index contributed by atoms with van der Waals surface area (Å²) in [6.07, 6.45) is 0. The highest BCUT2D eigenvalue weighted by atomic mass is 35.5. The fourth-order valence-electron chi connectivity index (χ4n) is 2.59. The molecule has 0 fully saturated rings. The Morgan fingerprint density at radius 1 is 1.07 bits per heavy atom. The molecule has 2 aromatic carbocycles. The van der Waals surface area contributed by atoms with E-state index >= 15 is 0 Å². The predicted octanol–water partition coefficient (Wildman–Crippen LogP) is 3.37. The van der Waals surface area contributed by atoms with Gasteiger partial charge in [-0.15, -0.1) is 0 Å². The van der Waals surface area contributed by atoms with Crippen LogP contribution in [0.15, 0.2) is 36.4 Å². The number of nitro benzene ring substituents is 1. The van der Waals surface area contributed by atoms with Crippen LogP contribution in [0, 0.1) is 24.0 Å². The molecule has 0 aliphatic carbocycles. The Morgan fingerprint density at radius 3 is 2.29 bits per heavy atom. The maximum atomic E-state index is 12.3. The summed E-state index contributed by atoms with van der Waals surface area (Å²) in [7, 11) is 1.60. The molecule has 0 atom stereocenters. The number of carbonyl (C=O) groups excluding carboxylic acids is 2. The summed E-state index contributed by atoms with van der Waals surface area (Å²) in [4.78, 5) is 36.6. The van der Waals surface area contributed by atoms with E-state index in [2.05, 4.69) is 10.6 Å². The number of benzene rings is 2. The Morgan fingerprint density at radius 2 is 1.68 bits per heavy atom. The zero-order chi connectivity index (χ0) is 20.8. The molecule has 2 aromatic rings. The average molecular weight is 405 g/mol. The number of likely N-dealkylation sites (N-methyl/N-ethyl adjacent to an activating group) is 1. The van der Waals surface area contributed by atoms with E-state index in [1.807, 2.05) is 0 Å². The Kier molecular flexibility index (Phi) is 7.08. The van der Waals surface area contributed by atoms with Gasteiger partial charge in [0.05, 0.1) is 28.7 Å². The lowest BCUT2D eigenvalue weighted by Gasteiger charge is -2.17. The maximum Gasteiger partial charge on any atom is 0.293 e. The summed E-state index contributed by atoms with van der Waals surface area (Å²) < 4.78 is 0. The number of halogens is 1. The van der Waals surface area contributed by atoms with Crippen molar-refractivity contribution in [2.45, 2.75) is 13.8 Å². The number of nitrogens with one attached hydrogen (secondary N) is 2. The molecule has 0 unspecified atom stereocenters. The number of carbonyl (C=O) groups is 2. The van der Waals surface area contributed by atoms with E-state index in [0.717, 1.165) is 5.56 Å². The molecule has 0 aliphatic rings. The highest BCUT2D eigenvalue weighted by Gasteiger charge is 2.20. The van der Waals surface area contributed by atoms with Gasteiger partial charge >= 0.3 is 0 Å². The number of hydrogen-bond donors (Lipinski definition) is 2. The zero-order valence-electron chi connectivity index (χ0n) is 15.8. The minimum absolute atomic E-state index is 0.0481. The van der Waals surface area contributed by atoms with Gasteiger partial charge < -0.3 is 10.6 Å². The lowest BCUT2D eigenvalue weighted by Crippen LogP contribution is -2.36. The van der Waals surface area contributed by atoms with Crippen molar-refractivity contribution in [3.8, 4) is 0 Å². The minimum atomic E-state index is -0.539. The standard InChI is InChI=1S/C19H21ClN4O4/c1-12-8-9-16(24(27)28)19(13(12)2)22-18(26)11-23(3)10-17(25)21-15-7-5-4-6-14(15)20/h4-9H,10-11H2,1-3H3,(H,21,25)(H,22,26). The van der Waals surface area contributed by atoms with Crippen LogP contribution in [0.25, 0.3) is 0 Å². The molecular formula is C19H21ClN4O4. The van der Waals surface area contributed by atoms with E-state index < -0.39 is 10.8 Å². The topological polar surface area (TPSA) is 105 Å². The number of amides is 2. The summed E-state index contributed by atoms with van der Waals surface area (Å²) in [5, 5.41) is 16.9. The quantitative estimate of drug-likeness (QED) is 0.543. The Balaban J connectivity index is 1.98. The molecule has 2 rings (SSSR count). The SMILES string of the molecule is Cc1ccc([N+](=O)[O-])c(NC(=O)CN(C)CC(=O)Nc2ccccc2Cl)c1C. The molecule has 0 heterocycles. The predicted molar refractivity (Wildman–Crippen MR) is 109 cm³/mol. The molecule has 28 heavy (non-hydrogen) atoms. The molecular weight excluding hydrogens is 384 g/mol. The first-order valence-electron chi connectivity index (χ1n) is 8.46. The van der Waals surface area contributed by atoms with E-state index in [1.54, 1.807) is 51.2 Å². The molecule has 2 amide bonds. The molecule has 0 spiro atoms. The number of para-hydroxylation sites is 1. The van der Waals surface area contributed by atoms with Crippen LogP contribution in [0.2, 0.25) is 5.02 Å². The number of anilines is 2. The first-order valence-corrected chi connectivity index (χ1v) is 8.84. The van der Waals surface area contributed by atoms with E-state index in [9.17, 15) is 19.7 Å². The van der Waals surface area contributed by atoms with Gasteiger partial charge in [0.1, 0.15) is 5.69 Å². The molecule has 8 nitrogen and oxygen atoms in total. The number of aryl methyl sites for hydroxylation is 1. The van der Waals surface area contributed by atoms with E-state index in [0.29, 0.717) is 16.3 Å².